The van der Waals surface area contributed by atoms with Crippen LogP contribution < -0.4 is 0 Å². The Morgan fingerprint density at radius 2 is 1.75 bits per heavy atom. The summed E-state index contributed by atoms with van der Waals surface area (Å²) < 4.78 is 10.6. The molecule has 1 aliphatic carbocycles. The smallest absolute Gasteiger partial charge is 0.184 e. The van der Waals surface area contributed by atoms with E-state index in [0.29, 0.717) is 12.2 Å². The fourth-order valence-electron chi connectivity index (χ4n) is 1.52. The normalized spacial score (nSPS) is 66.0. The standard InChI is InChI=1S/C6H8O2/c1-3-2-5-6(8-5)7-4(1)3/h3-6H,1-2H2. The van der Waals surface area contributed by atoms with Gasteiger partial charge < -0.3 is 9.47 Å². The zero-order valence-electron chi connectivity index (χ0n) is 4.54. The summed E-state index contributed by atoms with van der Waals surface area (Å²) >= 11 is 0. The molecule has 2 nitrogen and oxygen atoms in total. The highest BCUT2D eigenvalue weighted by molar-refractivity contribution is 4.99. The lowest BCUT2D eigenvalue weighted by atomic mass is 10.2. The number of rotatable bonds is 0. The minimum absolute atomic E-state index is 0.221. The molecule has 0 amide bonds. The van der Waals surface area contributed by atoms with E-state index in [0.717, 1.165) is 5.92 Å². The van der Waals surface area contributed by atoms with E-state index >= 15 is 0 Å². The molecule has 0 N–H and O–H groups in total. The molecule has 2 aliphatic heterocycles. The van der Waals surface area contributed by atoms with Crippen molar-refractivity contribution in [2.75, 3.05) is 0 Å². The number of fused-ring (bicyclic) bond motifs is 2. The van der Waals surface area contributed by atoms with E-state index in [1.165, 1.54) is 12.8 Å². The van der Waals surface area contributed by atoms with Crippen LogP contribution in [0.4, 0.5) is 0 Å². The van der Waals surface area contributed by atoms with Crippen molar-refractivity contribution in [2.45, 2.75) is 31.3 Å². The van der Waals surface area contributed by atoms with Gasteiger partial charge in [0, 0.05) is 0 Å². The van der Waals surface area contributed by atoms with Gasteiger partial charge in [0.25, 0.3) is 0 Å². The molecule has 2 heteroatoms. The predicted molar refractivity (Wildman–Crippen MR) is 26.3 cm³/mol. The van der Waals surface area contributed by atoms with E-state index in [4.69, 9.17) is 9.47 Å². The van der Waals surface area contributed by atoms with E-state index in [1.807, 2.05) is 0 Å². The second kappa shape index (κ2) is 0.957. The molecular weight excluding hydrogens is 104 g/mol. The molecule has 0 spiro atoms. The largest absolute Gasteiger partial charge is 0.346 e. The van der Waals surface area contributed by atoms with Crippen molar-refractivity contribution in [2.24, 2.45) is 5.92 Å². The Hall–Kier alpha value is -0.0800. The van der Waals surface area contributed by atoms with Crippen LogP contribution in [0.1, 0.15) is 12.8 Å². The van der Waals surface area contributed by atoms with Gasteiger partial charge in [-0.05, 0) is 18.8 Å². The molecule has 3 fully saturated rings. The Labute approximate surface area is 47.8 Å². The van der Waals surface area contributed by atoms with E-state index < -0.39 is 0 Å². The first kappa shape index (κ1) is 3.85. The predicted octanol–water partition coefficient (Wildman–Crippen LogP) is 0.520. The van der Waals surface area contributed by atoms with Gasteiger partial charge in [-0.3, -0.25) is 0 Å². The average molecular weight is 112 g/mol. The minimum atomic E-state index is 0.221. The van der Waals surface area contributed by atoms with Gasteiger partial charge >= 0.3 is 0 Å². The van der Waals surface area contributed by atoms with Gasteiger partial charge in [0.15, 0.2) is 6.29 Å². The molecule has 1 saturated carbocycles. The third-order valence-corrected chi connectivity index (χ3v) is 2.24. The molecule has 2 saturated heterocycles. The monoisotopic (exact) mass is 112 g/mol. The third kappa shape index (κ3) is 0.361. The highest BCUT2D eigenvalue weighted by Gasteiger charge is 2.56. The highest BCUT2D eigenvalue weighted by atomic mass is 16.8. The summed E-state index contributed by atoms with van der Waals surface area (Å²) in [6.07, 6.45) is 3.89. The maximum atomic E-state index is 5.41. The Balaban J connectivity index is 1.85. The maximum absolute atomic E-state index is 5.41. The summed E-state index contributed by atoms with van der Waals surface area (Å²) in [4.78, 5) is 0. The Kier molecular flexibility index (Phi) is 0.461. The molecule has 8 heavy (non-hydrogen) atoms. The van der Waals surface area contributed by atoms with E-state index in [1.54, 1.807) is 0 Å². The lowest BCUT2D eigenvalue weighted by Gasteiger charge is -2.02. The number of hydrogen-bond donors (Lipinski definition) is 0. The van der Waals surface area contributed by atoms with Crippen molar-refractivity contribution < 1.29 is 9.47 Å². The van der Waals surface area contributed by atoms with Crippen LogP contribution in [0.2, 0.25) is 0 Å². The average Bonchev–Trinajstić information content (AvgIpc) is 2.45. The van der Waals surface area contributed by atoms with Crippen LogP contribution in [0.3, 0.4) is 0 Å². The summed E-state index contributed by atoms with van der Waals surface area (Å²) in [5.41, 5.74) is 0. The molecule has 0 aromatic rings. The molecule has 3 aliphatic rings. The summed E-state index contributed by atoms with van der Waals surface area (Å²) in [7, 11) is 0. The molecular formula is C6H8O2. The Bertz CT molecular complexity index is 106. The van der Waals surface area contributed by atoms with Crippen LogP contribution in [-0.4, -0.2) is 18.5 Å². The third-order valence-electron chi connectivity index (χ3n) is 2.24. The summed E-state index contributed by atoms with van der Waals surface area (Å²) in [6.45, 7) is 0. The SMILES string of the molecule is C1C2CC3OC3OC12. The van der Waals surface area contributed by atoms with Crippen molar-refractivity contribution in [1.29, 1.82) is 0 Å². The topological polar surface area (TPSA) is 21.8 Å². The summed E-state index contributed by atoms with van der Waals surface area (Å²) in [5, 5.41) is 0. The van der Waals surface area contributed by atoms with Crippen LogP contribution in [0.5, 0.6) is 0 Å². The first-order chi connectivity index (χ1) is 3.93. The van der Waals surface area contributed by atoms with Gasteiger partial charge in [-0.2, -0.15) is 0 Å². The van der Waals surface area contributed by atoms with E-state index in [9.17, 15) is 0 Å². The molecule has 0 radical (unpaired) electrons. The van der Waals surface area contributed by atoms with Crippen molar-refractivity contribution in [3.63, 3.8) is 0 Å². The first-order valence-electron chi connectivity index (χ1n) is 3.24. The van der Waals surface area contributed by atoms with Crippen LogP contribution in [0.25, 0.3) is 0 Å². The molecule has 0 bridgehead atoms. The number of ether oxygens (including phenoxy) is 2. The van der Waals surface area contributed by atoms with E-state index in [2.05, 4.69) is 0 Å². The molecule has 0 aromatic heterocycles. The van der Waals surface area contributed by atoms with Crippen molar-refractivity contribution in [3.8, 4) is 0 Å². The van der Waals surface area contributed by atoms with Crippen molar-refractivity contribution in [3.05, 3.63) is 0 Å². The van der Waals surface area contributed by atoms with Gasteiger partial charge in [-0.25, -0.2) is 0 Å². The van der Waals surface area contributed by atoms with Crippen molar-refractivity contribution >= 4 is 0 Å². The molecule has 4 unspecified atom stereocenters. The van der Waals surface area contributed by atoms with Crippen LogP contribution in [-0.2, 0) is 9.47 Å². The molecule has 0 aromatic carbocycles. The van der Waals surface area contributed by atoms with Crippen LogP contribution in [0, 0.1) is 5.92 Å². The Morgan fingerprint density at radius 1 is 1.00 bits per heavy atom. The second-order valence-electron chi connectivity index (χ2n) is 2.95. The Morgan fingerprint density at radius 3 is 2.62 bits per heavy atom. The molecule has 44 valence electrons. The number of hydrogen-bond acceptors (Lipinski definition) is 2. The lowest BCUT2D eigenvalue weighted by molar-refractivity contribution is 0.0276. The fraction of sp³-hybridized carbons (Fsp3) is 1.00. The fourth-order valence-corrected chi connectivity index (χ4v) is 1.52. The zero-order valence-corrected chi connectivity index (χ0v) is 4.54. The lowest BCUT2D eigenvalue weighted by Crippen LogP contribution is -2.10. The maximum Gasteiger partial charge on any atom is 0.184 e. The zero-order chi connectivity index (χ0) is 5.14. The van der Waals surface area contributed by atoms with Gasteiger partial charge in [0.05, 0.1) is 6.10 Å². The minimum Gasteiger partial charge on any atom is -0.346 e. The van der Waals surface area contributed by atoms with Gasteiger partial charge in [-0.15, -0.1) is 0 Å². The molecule has 2 heterocycles. The van der Waals surface area contributed by atoms with E-state index in [-0.39, 0.29) is 6.29 Å². The number of epoxide rings is 1. The van der Waals surface area contributed by atoms with Gasteiger partial charge in [-0.1, -0.05) is 0 Å². The molecule has 3 rings (SSSR count). The van der Waals surface area contributed by atoms with Crippen molar-refractivity contribution in [1.82, 2.24) is 0 Å². The van der Waals surface area contributed by atoms with Gasteiger partial charge in [0.1, 0.15) is 6.10 Å². The summed E-state index contributed by atoms with van der Waals surface area (Å²) in [5.74, 6) is 0.874. The van der Waals surface area contributed by atoms with Crippen LogP contribution >= 0.6 is 0 Å². The van der Waals surface area contributed by atoms with Gasteiger partial charge in [0.2, 0.25) is 0 Å². The highest BCUT2D eigenvalue weighted by Crippen LogP contribution is 2.50. The van der Waals surface area contributed by atoms with Crippen LogP contribution in [0.15, 0.2) is 0 Å². The quantitative estimate of drug-likeness (QED) is 0.426. The molecule has 4 atom stereocenters. The first-order valence-corrected chi connectivity index (χ1v) is 3.24. The summed E-state index contributed by atoms with van der Waals surface area (Å²) in [6, 6.07) is 0. The second-order valence-corrected chi connectivity index (χ2v) is 2.95.